The second-order valence-electron chi connectivity index (χ2n) is 3.40. The fourth-order valence-corrected chi connectivity index (χ4v) is 1.26. The molecule has 0 fully saturated rings. The van der Waals surface area contributed by atoms with Gasteiger partial charge >= 0.3 is 0 Å². The highest BCUT2D eigenvalue weighted by Gasteiger charge is 1.91. The first-order valence-corrected chi connectivity index (χ1v) is 5.33. The Bertz CT molecular complexity index is 403. The van der Waals surface area contributed by atoms with Gasteiger partial charge in [0.15, 0.2) is 0 Å². The average Bonchev–Trinajstić information content (AvgIpc) is 2.41. The minimum absolute atomic E-state index is 0.0556. The zero-order valence-corrected chi connectivity index (χ0v) is 9.54. The first-order valence-electron chi connectivity index (χ1n) is 5.33. The fourth-order valence-electron chi connectivity index (χ4n) is 1.26. The van der Waals surface area contributed by atoms with Gasteiger partial charge in [-0.1, -0.05) is 60.7 Å². The molecule has 0 aromatic heterocycles. The lowest BCUT2D eigenvalue weighted by Gasteiger charge is -1.98. The molecule has 3 heteroatoms. The molecule has 3 nitrogen and oxygen atoms in total. The molecule has 0 saturated heterocycles. The average molecular weight is 228 g/mol. The smallest absolute Gasteiger partial charge is 0.231 e. The zero-order valence-electron chi connectivity index (χ0n) is 9.54. The van der Waals surface area contributed by atoms with Gasteiger partial charge in [-0.05, 0) is 11.1 Å². The highest BCUT2D eigenvalue weighted by molar-refractivity contribution is 5.75. The van der Waals surface area contributed by atoms with E-state index in [2.05, 4.69) is 54.3 Å². The van der Waals surface area contributed by atoms with E-state index in [1.54, 1.807) is 0 Å². The Balaban J connectivity index is 0.000000249. The molecule has 0 spiro atoms. The summed E-state index contributed by atoms with van der Waals surface area (Å²) in [6.45, 7) is -0.0556. The summed E-state index contributed by atoms with van der Waals surface area (Å²) in [7, 11) is 0. The van der Waals surface area contributed by atoms with E-state index >= 15 is 0 Å². The van der Waals surface area contributed by atoms with Crippen LogP contribution in [-0.2, 0) is 4.79 Å². The van der Waals surface area contributed by atoms with Crippen LogP contribution in [0.2, 0.25) is 0 Å². The summed E-state index contributed by atoms with van der Waals surface area (Å²) in [5, 5.41) is 0. The van der Waals surface area contributed by atoms with Crippen molar-refractivity contribution in [2.75, 3.05) is 6.54 Å². The lowest BCUT2D eigenvalue weighted by molar-refractivity contribution is -0.116. The maximum atomic E-state index is 9.47. The molecule has 0 aliphatic rings. The molecule has 2 rings (SSSR count). The SMILES string of the molecule is NCC(N)=O.c1ccc(-c2ccccc2)cc1. The van der Waals surface area contributed by atoms with Gasteiger partial charge in [-0.25, -0.2) is 0 Å². The quantitative estimate of drug-likeness (QED) is 0.822. The van der Waals surface area contributed by atoms with E-state index < -0.39 is 5.91 Å². The number of carbonyl (C=O) groups excluding carboxylic acids is 1. The Morgan fingerprint density at radius 3 is 1.35 bits per heavy atom. The Labute approximate surface area is 101 Å². The topological polar surface area (TPSA) is 69.1 Å². The molecule has 0 saturated carbocycles. The predicted octanol–water partition coefficient (Wildman–Crippen LogP) is 1.78. The summed E-state index contributed by atoms with van der Waals surface area (Å²) in [4.78, 5) is 9.47. The zero-order chi connectivity index (χ0) is 12.5. The normalized spacial score (nSPS) is 9.00. The van der Waals surface area contributed by atoms with E-state index in [4.69, 9.17) is 5.73 Å². The summed E-state index contributed by atoms with van der Waals surface area (Å²) in [5.41, 5.74) is 11.8. The monoisotopic (exact) mass is 228 g/mol. The van der Waals surface area contributed by atoms with Crippen molar-refractivity contribution in [2.24, 2.45) is 11.5 Å². The van der Waals surface area contributed by atoms with Crippen LogP contribution in [0.15, 0.2) is 60.7 Å². The maximum Gasteiger partial charge on any atom is 0.231 e. The van der Waals surface area contributed by atoms with Crippen LogP contribution in [0.25, 0.3) is 11.1 Å². The number of hydrogen-bond donors (Lipinski definition) is 2. The van der Waals surface area contributed by atoms with Gasteiger partial charge in [0.1, 0.15) is 0 Å². The van der Waals surface area contributed by atoms with Crippen molar-refractivity contribution in [3.8, 4) is 11.1 Å². The van der Waals surface area contributed by atoms with Crippen LogP contribution in [0.4, 0.5) is 0 Å². The van der Waals surface area contributed by atoms with Crippen molar-refractivity contribution in [1.82, 2.24) is 0 Å². The maximum absolute atomic E-state index is 9.47. The fraction of sp³-hybridized carbons (Fsp3) is 0.0714. The lowest BCUT2D eigenvalue weighted by Crippen LogP contribution is -2.21. The van der Waals surface area contributed by atoms with Crippen LogP contribution in [0.3, 0.4) is 0 Å². The summed E-state index contributed by atoms with van der Waals surface area (Å²) >= 11 is 0. The van der Waals surface area contributed by atoms with E-state index in [1.165, 1.54) is 11.1 Å². The number of hydrogen-bond acceptors (Lipinski definition) is 2. The van der Waals surface area contributed by atoms with Gasteiger partial charge in [0.25, 0.3) is 0 Å². The summed E-state index contributed by atoms with van der Waals surface area (Å²) in [6, 6.07) is 20.8. The predicted molar refractivity (Wildman–Crippen MR) is 70.1 cm³/mol. The molecule has 0 aliphatic heterocycles. The summed E-state index contributed by atoms with van der Waals surface area (Å²) < 4.78 is 0. The molecule has 1 amide bonds. The van der Waals surface area contributed by atoms with Crippen molar-refractivity contribution in [3.63, 3.8) is 0 Å². The Kier molecular flexibility index (Phi) is 5.47. The first-order chi connectivity index (χ1) is 8.24. The molecule has 17 heavy (non-hydrogen) atoms. The first kappa shape index (κ1) is 12.9. The number of carbonyl (C=O) groups is 1. The number of benzene rings is 2. The summed E-state index contributed by atoms with van der Waals surface area (Å²) in [5.74, 6) is -0.468. The number of primary amides is 1. The van der Waals surface area contributed by atoms with Gasteiger partial charge in [-0.15, -0.1) is 0 Å². The van der Waals surface area contributed by atoms with Crippen LogP contribution in [-0.4, -0.2) is 12.5 Å². The van der Waals surface area contributed by atoms with Crippen molar-refractivity contribution in [3.05, 3.63) is 60.7 Å². The van der Waals surface area contributed by atoms with Crippen LogP contribution in [0.5, 0.6) is 0 Å². The standard InChI is InChI=1S/C12H10.C2H6N2O/c1-3-7-11(8-4-1)12-9-5-2-6-10-12;3-1-2(4)5/h1-10H;1,3H2,(H2,4,5). The molecule has 0 unspecified atom stereocenters. The Morgan fingerprint density at radius 1 is 0.824 bits per heavy atom. The van der Waals surface area contributed by atoms with Crippen molar-refractivity contribution >= 4 is 5.91 Å². The second-order valence-corrected chi connectivity index (χ2v) is 3.40. The van der Waals surface area contributed by atoms with Gasteiger partial charge in [0.2, 0.25) is 5.91 Å². The van der Waals surface area contributed by atoms with E-state index in [0.717, 1.165) is 0 Å². The van der Waals surface area contributed by atoms with Gasteiger partial charge in [0, 0.05) is 0 Å². The minimum atomic E-state index is -0.468. The van der Waals surface area contributed by atoms with Crippen LogP contribution >= 0.6 is 0 Å². The Hall–Kier alpha value is -2.13. The van der Waals surface area contributed by atoms with E-state index in [-0.39, 0.29) is 6.54 Å². The van der Waals surface area contributed by atoms with Crippen molar-refractivity contribution in [1.29, 1.82) is 0 Å². The van der Waals surface area contributed by atoms with Gasteiger partial charge in [0.05, 0.1) is 6.54 Å². The molecule has 0 atom stereocenters. The molecular formula is C14H16N2O. The van der Waals surface area contributed by atoms with Crippen molar-refractivity contribution in [2.45, 2.75) is 0 Å². The van der Waals surface area contributed by atoms with Gasteiger partial charge < -0.3 is 11.5 Å². The van der Waals surface area contributed by atoms with Crippen molar-refractivity contribution < 1.29 is 4.79 Å². The van der Waals surface area contributed by atoms with Gasteiger partial charge in [-0.2, -0.15) is 0 Å². The number of nitrogens with two attached hydrogens (primary N) is 2. The molecule has 0 bridgehead atoms. The molecular weight excluding hydrogens is 212 g/mol. The number of rotatable bonds is 2. The summed E-state index contributed by atoms with van der Waals surface area (Å²) in [6.07, 6.45) is 0. The van der Waals surface area contributed by atoms with Crippen LogP contribution < -0.4 is 11.5 Å². The molecule has 2 aromatic carbocycles. The largest absolute Gasteiger partial charge is 0.369 e. The third-order valence-electron chi connectivity index (χ3n) is 2.08. The highest BCUT2D eigenvalue weighted by atomic mass is 16.1. The van der Waals surface area contributed by atoms with E-state index in [9.17, 15) is 4.79 Å². The molecule has 0 aliphatic carbocycles. The van der Waals surface area contributed by atoms with E-state index in [1.807, 2.05) is 12.1 Å². The molecule has 2 aromatic rings. The van der Waals surface area contributed by atoms with Gasteiger partial charge in [-0.3, -0.25) is 4.79 Å². The minimum Gasteiger partial charge on any atom is -0.369 e. The Morgan fingerprint density at radius 2 is 1.12 bits per heavy atom. The molecule has 0 heterocycles. The highest BCUT2D eigenvalue weighted by Crippen LogP contribution is 2.17. The number of amides is 1. The lowest BCUT2D eigenvalue weighted by atomic mass is 10.1. The second kappa shape index (κ2) is 7.19. The third kappa shape index (κ3) is 4.95. The molecule has 4 N–H and O–H groups in total. The third-order valence-corrected chi connectivity index (χ3v) is 2.08. The molecule has 0 radical (unpaired) electrons. The van der Waals surface area contributed by atoms with E-state index in [0.29, 0.717) is 0 Å². The van der Waals surface area contributed by atoms with Crippen LogP contribution in [0, 0.1) is 0 Å². The molecule has 88 valence electrons. The van der Waals surface area contributed by atoms with Crippen LogP contribution in [0.1, 0.15) is 0 Å².